The van der Waals surface area contributed by atoms with E-state index in [-0.39, 0.29) is 23.8 Å². The molecule has 3 amide bonds. The van der Waals surface area contributed by atoms with Crippen molar-refractivity contribution in [1.82, 2.24) is 20.1 Å². The summed E-state index contributed by atoms with van der Waals surface area (Å²) in [5.41, 5.74) is 1.14. The van der Waals surface area contributed by atoms with Gasteiger partial charge in [0.1, 0.15) is 5.75 Å². The Morgan fingerprint density at radius 2 is 1.82 bits per heavy atom. The van der Waals surface area contributed by atoms with Gasteiger partial charge in [-0.1, -0.05) is 18.2 Å². The summed E-state index contributed by atoms with van der Waals surface area (Å²) in [6.07, 6.45) is 2.51. The van der Waals surface area contributed by atoms with E-state index >= 15 is 0 Å². The van der Waals surface area contributed by atoms with Crippen molar-refractivity contribution < 1.29 is 19.1 Å². The molecular weight excluding hydrogens is 432 g/mol. The fraction of sp³-hybridized carbons (Fsp3) is 0.308. The molecule has 1 aliphatic heterocycles. The highest BCUT2D eigenvalue weighted by Crippen LogP contribution is 2.29. The van der Waals surface area contributed by atoms with Gasteiger partial charge >= 0.3 is 0 Å². The van der Waals surface area contributed by atoms with Crippen LogP contribution in [0.3, 0.4) is 0 Å². The highest BCUT2D eigenvalue weighted by molar-refractivity contribution is 6.08. The van der Waals surface area contributed by atoms with Gasteiger partial charge < -0.3 is 19.9 Å². The van der Waals surface area contributed by atoms with Crippen LogP contribution >= 0.6 is 0 Å². The smallest absolute Gasteiger partial charge is 0.263 e. The highest BCUT2D eigenvalue weighted by atomic mass is 16.5. The van der Waals surface area contributed by atoms with E-state index in [1.165, 1.54) is 0 Å². The second kappa shape index (κ2) is 9.91. The van der Waals surface area contributed by atoms with Gasteiger partial charge in [-0.25, -0.2) is 0 Å². The molecular formula is C26H28N4O4. The molecule has 176 valence electrons. The highest BCUT2D eigenvalue weighted by Gasteiger charge is 2.33. The SMILES string of the molecule is CNC(=O)c1ccc(OC(C)C(=O)N2CCN(C(=O)c3ccccc3)CC2C)c2ccncc12. The first-order chi connectivity index (χ1) is 16.4. The Morgan fingerprint density at radius 1 is 1.06 bits per heavy atom. The molecule has 0 aliphatic carbocycles. The molecule has 1 saturated heterocycles. The lowest BCUT2D eigenvalue weighted by molar-refractivity contribution is -0.142. The Morgan fingerprint density at radius 3 is 2.53 bits per heavy atom. The fourth-order valence-electron chi connectivity index (χ4n) is 4.31. The number of rotatable bonds is 5. The minimum Gasteiger partial charge on any atom is -0.480 e. The average Bonchev–Trinajstić information content (AvgIpc) is 2.88. The number of ether oxygens (including phenoxy) is 1. The number of fused-ring (bicyclic) bond motifs is 1. The maximum absolute atomic E-state index is 13.2. The zero-order valence-electron chi connectivity index (χ0n) is 19.5. The summed E-state index contributed by atoms with van der Waals surface area (Å²) in [6, 6.07) is 14.2. The molecule has 2 aromatic carbocycles. The van der Waals surface area contributed by atoms with E-state index in [0.29, 0.717) is 47.3 Å². The molecule has 34 heavy (non-hydrogen) atoms. The lowest BCUT2D eigenvalue weighted by Crippen LogP contribution is -2.57. The summed E-state index contributed by atoms with van der Waals surface area (Å²) in [4.78, 5) is 45.9. The van der Waals surface area contributed by atoms with Gasteiger partial charge in [0.15, 0.2) is 6.10 Å². The van der Waals surface area contributed by atoms with Crippen LogP contribution < -0.4 is 10.1 Å². The Balaban J connectivity index is 1.46. The van der Waals surface area contributed by atoms with Crippen molar-refractivity contribution in [3.8, 4) is 5.75 Å². The maximum Gasteiger partial charge on any atom is 0.263 e. The molecule has 0 radical (unpaired) electrons. The molecule has 1 aliphatic rings. The molecule has 0 spiro atoms. The lowest BCUT2D eigenvalue weighted by atomic mass is 10.1. The number of hydrogen-bond donors (Lipinski definition) is 1. The van der Waals surface area contributed by atoms with Crippen LogP contribution in [-0.2, 0) is 4.79 Å². The first-order valence-corrected chi connectivity index (χ1v) is 11.3. The Bertz CT molecular complexity index is 1210. The number of aromatic nitrogens is 1. The van der Waals surface area contributed by atoms with Crippen molar-refractivity contribution in [2.24, 2.45) is 0 Å². The molecule has 2 heterocycles. The monoisotopic (exact) mass is 460 g/mol. The quantitative estimate of drug-likeness (QED) is 0.632. The van der Waals surface area contributed by atoms with Crippen molar-refractivity contribution in [3.05, 3.63) is 72.1 Å². The van der Waals surface area contributed by atoms with E-state index in [1.807, 2.05) is 25.1 Å². The van der Waals surface area contributed by atoms with Crippen molar-refractivity contribution in [2.45, 2.75) is 26.0 Å². The van der Waals surface area contributed by atoms with Crippen LogP contribution in [0.2, 0.25) is 0 Å². The van der Waals surface area contributed by atoms with Crippen LogP contribution in [-0.4, -0.2) is 71.3 Å². The van der Waals surface area contributed by atoms with E-state index in [4.69, 9.17) is 4.74 Å². The minimum absolute atomic E-state index is 0.0277. The van der Waals surface area contributed by atoms with Crippen LogP contribution in [0.4, 0.5) is 0 Å². The zero-order chi connectivity index (χ0) is 24.2. The summed E-state index contributed by atoms with van der Waals surface area (Å²) in [5, 5.41) is 3.99. The second-order valence-electron chi connectivity index (χ2n) is 8.37. The van der Waals surface area contributed by atoms with E-state index in [2.05, 4.69) is 10.3 Å². The standard InChI is InChI=1S/C26H28N4O4/c1-17-16-29(26(33)19-7-5-4-6-8-19)13-14-30(17)25(32)18(2)34-23-10-9-21(24(31)27-3)22-15-28-12-11-20(22)23/h4-12,15,17-18H,13-14,16H2,1-3H3,(H,27,31). The van der Waals surface area contributed by atoms with Gasteiger partial charge in [0.25, 0.3) is 17.7 Å². The van der Waals surface area contributed by atoms with E-state index in [1.54, 1.807) is 66.5 Å². The maximum atomic E-state index is 13.2. The summed E-state index contributed by atoms with van der Waals surface area (Å²) in [7, 11) is 1.57. The van der Waals surface area contributed by atoms with Crippen LogP contribution in [0, 0.1) is 0 Å². The zero-order valence-corrected chi connectivity index (χ0v) is 19.5. The van der Waals surface area contributed by atoms with E-state index in [9.17, 15) is 14.4 Å². The third-order valence-corrected chi connectivity index (χ3v) is 6.12. The number of hydrogen-bond acceptors (Lipinski definition) is 5. The Kier molecular flexibility index (Phi) is 6.77. The van der Waals surface area contributed by atoms with Crippen LogP contribution in [0.25, 0.3) is 10.8 Å². The third kappa shape index (κ3) is 4.57. The predicted octanol–water partition coefficient (Wildman–Crippen LogP) is 2.73. The van der Waals surface area contributed by atoms with Crippen LogP contribution in [0.5, 0.6) is 5.75 Å². The number of carbonyl (C=O) groups is 3. The first-order valence-electron chi connectivity index (χ1n) is 11.3. The van der Waals surface area contributed by atoms with Gasteiger partial charge in [0.05, 0.1) is 0 Å². The number of nitrogens with one attached hydrogen (secondary N) is 1. The third-order valence-electron chi connectivity index (χ3n) is 6.12. The topological polar surface area (TPSA) is 91.8 Å². The number of piperazine rings is 1. The van der Waals surface area contributed by atoms with Gasteiger partial charge in [-0.15, -0.1) is 0 Å². The van der Waals surface area contributed by atoms with Crippen LogP contribution in [0.1, 0.15) is 34.6 Å². The second-order valence-corrected chi connectivity index (χ2v) is 8.37. The van der Waals surface area contributed by atoms with Crippen molar-refractivity contribution in [1.29, 1.82) is 0 Å². The molecule has 8 nitrogen and oxygen atoms in total. The number of benzene rings is 2. The number of carbonyl (C=O) groups excluding carboxylic acids is 3. The predicted molar refractivity (Wildman–Crippen MR) is 129 cm³/mol. The molecule has 2 unspecified atom stereocenters. The molecule has 0 bridgehead atoms. The van der Waals surface area contributed by atoms with Gasteiger partial charge in [-0.2, -0.15) is 0 Å². The number of nitrogens with zero attached hydrogens (tertiary/aromatic N) is 3. The Hall–Kier alpha value is -3.94. The Labute approximate surface area is 198 Å². The normalized spacial score (nSPS) is 16.7. The first kappa shape index (κ1) is 23.2. The molecule has 2 atom stereocenters. The molecule has 4 rings (SSSR count). The van der Waals surface area contributed by atoms with Crippen molar-refractivity contribution in [2.75, 3.05) is 26.7 Å². The molecule has 1 aromatic heterocycles. The molecule has 8 heteroatoms. The van der Waals surface area contributed by atoms with Gasteiger partial charge in [0.2, 0.25) is 0 Å². The van der Waals surface area contributed by atoms with Crippen molar-refractivity contribution in [3.63, 3.8) is 0 Å². The van der Waals surface area contributed by atoms with Crippen LogP contribution in [0.15, 0.2) is 60.9 Å². The molecule has 3 aromatic rings. The number of amides is 3. The lowest BCUT2D eigenvalue weighted by Gasteiger charge is -2.40. The number of pyridine rings is 1. The molecule has 1 fully saturated rings. The average molecular weight is 461 g/mol. The molecule has 1 N–H and O–H groups in total. The largest absolute Gasteiger partial charge is 0.480 e. The van der Waals surface area contributed by atoms with Crippen molar-refractivity contribution >= 4 is 28.5 Å². The summed E-state index contributed by atoms with van der Waals surface area (Å²) in [5.74, 6) is 0.124. The van der Waals surface area contributed by atoms with Gasteiger partial charge in [-0.3, -0.25) is 19.4 Å². The van der Waals surface area contributed by atoms with Gasteiger partial charge in [0, 0.05) is 67.0 Å². The minimum atomic E-state index is -0.735. The van der Waals surface area contributed by atoms with E-state index < -0.39 is 6.10 Å². The molecule has 0 saturated carbocycles. The van der Waals surface area contributed by atoms with E-state index in [0.717, 1.165) is 0 Å². The summed E-state index contributed by atoms with van der Waals surface area (Å²) >= 11 is 0. The fourth-order valence-corrected chi connectivity index (χ4v) is 4.31. The summed E-state index contributed by atoms with van der Waals surface area (Å²) < 4.78 is 6.07. The summed E-state index contributed by atoms with van der Waals surface area (Å²) in [6.45, 7) is 5.02. The van der Waals surface area contributed by atoms with Gasteiger partial charge in [-0.05, 0) is 44.2 Å².